The van der Waals surface area contributed by atoms with Gasteiger partial charge in [-0.15, -0.1) is 0 Å². The van der Waals surface area contributed by atoms with Crippen LogP contribution in [0.1, 0.15) is 185 Å². The van der Waals surface area contributed by atoms with Crippen LogP contribution in [0.5, 0.6) is 0 Å². The Bertz CT molecular complexity index is 1460. The van der Waals surface area contributed by atoms with E-state index in [0.717, 1.165) is 24.2 Å². The molecule has 5 nitrogen and oxygen atoms in total. The van der Waals surface area contributed by atoms with Crippen LogP contribution in [0.25, 0.3) is 23.3 Å². The summed E-state index contributed by atoms with van der Waals surface area (Å²) in [6.07, 6.45) is 37.0. The van der Waals surface area contributed by atoms with Crippen LogP contribution >= 0.6 is 0 Å². The summed E-state index contributed by atoms with van der Waals surface area (Å²) < 4.78 is 0. The first-order valence-electron chi connectivity index (χ1n) is 21.9. The summed E-state index contributed by atoms with van der Waals surface area (Å²) in [6, 6.07) is 24.2. The van der Waals surface area contributed by atoms with Crippen molar-refractivity contribution in [2.75, 3.05) is 18.0 Å². The third-order valence-corrected chi connectivity index (χ3v) is 10.8. The Hall–Kier alpha value is -3.91. The monoisotopic (exact) mass is 734 g/mol. The van der Waals surface area contributed by atoms with Gasteiger partial charge < -0.3 is 4.90 Å². The van der Waals surface area contributed by atoms with E-state index < -0.39 is 4.92 Å². The smallest absolute Gasteiger partial charge is 0.287 e. The van der Waals surface area contributed by atoms with Gasteiger partial charge in [0.1, 0.15) is 11.6 Å². The fourth-order valence-corrected chi connectivity index (χ4v) is 7.41. The van der Waals surface area contributed by atoms with E-state index >= 15 is 0 Å². The van der Waals surface area contributed by atoms with Gasteiger partial charge in [0.2, 0.25) is 0 Å². The normalized spacial score (nSPS) is 11.3. The molecule has 0 amide bonds. The fourth-order valence-electron chi connectivity index (χ4n) is 7.41. The highest BCUT2D eigenvalue weighted by molar-refractivity contribution is 5.74. The van der Waals surface area contributed by atoms with Gasteiger partial charge in [-0.2, -0.15) is 5.26 Å². The zero-order chi connectivity index (χ0) is 38.5. The van der Waals surface area contributed by atoms with Gasteiger partial charge in [0, 0.05) is 24.8 Å². The number of anilines is 1. The van der Waals surface area contributed by atoms with Gasteiger partial charge in [-0.1, -0.05) is 204 Å². The van der Waals surface area contributed by atoms with E-state index in [-0.39, 0.29) is 11.3 Å². The van der Waals surface area contributed by atoms with E-state index in [0.29, 0.717) is 0 Å². The average Bonchev–Trinajstić information content (AvgIpc) is 3.20. The van der Waals surface area contributed by atoms with Crippen molar-refractivity contribution in [3.05, 3.63) is 93.5 Å². The molecule has 5 heteroatoms. The molecule has 0 saturated heterocycles. The quantitative estimate of drug-likeness (QED) is 0.0286. The highest BCUT2D eigenvalue weighted by Gasteiger charge is 2.13. The Kier molecular flexibility index (Phi) is 23.5. The molecule has 0 N–H and O–H groups in total. The van der Waals surface area contributed by atoms with Crippen LogP contribution in [-0.2, 0) is 0 Å². The molecule has 3 aromatic rings. The molecule has 54 heavy (non-hydrogen) atoms. The minimum atomic E-state index is -0.519. The van der Waals surface area contributed by atoms with E-state index in [2.05, 4.69) is 67.3 Å². The standard InChI is InChI=1S/C49H71N3O2/c1-3-5-7-9-11-13-15-17-19-21-23-25-39-51(40-26-24-22-20-18-16-14-12-10-8-6-4-2)48-36-34-46(35-37-48)45-32-29-43(30-33-45)27-28-44-31-38-49(52(53)54)47(41-44)42-50/h27-38,41H,3-26,39-40H2,1-2H3. The van der Waals surface area contributed by atoms with Crippen LogP contribution in [0.3, 0.4) is 0 Å². The number of unbranched alkanes of at least 4 members (excludes halogenated alkanes) is 22. The van der Waals surface area contributed by atoms with Gasteiger partial charge in [-0.3, -0.25) is 10.1 Å². The van der Waals surface area contributed by atoms with Crippen molar-refractivity contribution in [2.45, 2.75) is 168 Å². The first-order chi connectivity index (χ1) is 26.5. The van der Waals surface area contributed by atoms with Gasteiger partial charge in [-0.05, 0) is 59.4 Å². The maximum absolute atomic E-state index is 11.2. The Balaban J connectivity index is 1.48. The van der Waals surface area contributed by atoms with Crippen molar-refractivity contribution in [1.29, 1.82) is 5.26 Å². The summed E-state index contributed by atoms with van der Waals surface area (Å²) >= 11 is 0. The lowest BCUT2D eigenvalue weighted by atomic mass is 10.0. The van der Waals surface area contributed by atoms with Crippen molar-refractivity contribution in [3.63, 3.8) is 0 Å². The first-order valence-corrected chi connectivity index (χ1v) is 21.9. The van der Waals surface area contributed by atoms with Crippen molar-refractivity contribution in [3.8, 4) is 17.2 Å². The van der Waals surface area contributed by atoms with E-state index in [9.17, 15) is 15.4 Å². The SMILES string of the molecule is CCCCCCCCCCCCCCN(CCCCCCCCCCCCCC)c1ccc(-c2ccc(C=Cc3ccc([N+](=O)[O-])c(C#N)c3)cc2)cc1. The Labute approximate surface area is 329 Å². The molecule has 0 fully saturated rings. The molecule has 3 rings (SSSR count). The van der Waals surface area contributed by atoms with E-state index in [1.165, 1.54) is 177 Å². The number of benzene rings is 3. The molecule has 0 aliphatic rings. The second-order valence-corrected chi connectivity index (χ2v) is 15.4. The third-order valence-electron chi connectivity index (χ3n) is 10.8. The van der Waals surface area contributed by atoms with Crippen molar-refractivity contribution >= 4 is 23.5 Å². The van der Waals surface area contributed by atoms with Crippen LogP contribution in [0.4, 0.5) is 11.4 Å². The molecular formula is C49H71N3O2. The maximum atomic E-state index is 11.2. The predicted octanol–water partition coefficient (Wildman–Crippen LogP) is 15.5. The summed E-state index contributed by atoms with van der Waals surface area (Å²) in [6.45, 7) is 6.86. The summed E-state index contributed by atoms with van der Waals surface area (Å²) in [5, 5.41) is 20.5. The molecule has 3 aromatic carbocycles. The minimum Gasteiger partial charge on any atom is -0.372 e. The minimum absolute atomic E-state index is 0.0719. The lowest BCUT2D eigenvalue weighted by Gasteiger charge is -2.25. The molecule has 0 spiro atoms. The maximum Gasteiger partial charge on any atom is 0.287 e. The summed E-state index contributed by atoms with van der Waals surface area (Å²) in [4.78, 5) is 13.3. The van der Waals surface area contributed by atoms with Gasteiger partial charge in [0.25, 0.3) is 5.69 Å². The molecular weight excluding hydrogens is 663 g/mol. The number of hydrogen-bond acceptors (Lipinski definition) is 4. The Morgan fingerprint density at radius 3 is 1.31 bits per heavy atom. The Morgan fingerprint density at radius 1 is 0.537 bits per heavy atom. The van der Waals surface area contributed by atoms with Crippen molar-refractivity contribution < 1.29 is 4.92 Å². The first kappa shape index (κ1) is 44.5. The van der Waals surface area contributed by atoms with Gasteiger partial charge in [-0.25, -0.2) is 0 Å². The number of rotatable bonds is 31. The third kappa shape index (κ3) is 18.4. The van der Waals surface area contributed by atoms with Crippen LogP contribution in [-0.4, -0.2) is 18.0 Å². The summed E-state index contributed by atoms with van der Waals surface area (Å²) in [5.41, 5.74) is 5.42. The zero-order valence-corrected chi connectivity index (χ0v) is 34.0. The van der Waals surface area contributed by atoms with Crippen molar-refractivity contribution in [1.82, 2.24) is 0 Å². The number of nitrogens with zero attached hydrogens (tertiary/aromatic N) is 3. The lowest BCUT2D eigenvalue weighted by molar-refractivity contribution is -0.385. The van der Waals surface area contributed by atoms with E-state index in [1.54, 1.807) is 12.1 Å². The van der Waals surface area contributed by atoms with Gasteiger partial charge in [0.15, 0.2) is 0 Å². The molecule has 0 saturated carbocycles. The molecule has 0 unspecified atom stereocenters. The summed E-state index contributed by atoms with van der Waals surface area (Å²) in [5.74, 6) is 0. The highest BCUT2D eigenvalue weighted by Crippen LogP contribution is 2.26. The largest absolute Gasteiger partial charge is 0.372 e. The lowest BCUT2D eigenvalue weighted by Crippen LogP contribution is -2.25. The second-order valence-electron chi connectivity index (χ2n) is 15.4. The van der Waals surface area contributed by atoms with Gasteiger partial charge in [0.05, 0.1) is 4.92 Å². The summed E-state index contributed by atoms with van der Waals surface area (Å²) in [7, 11) is 0. The molecule has 0 aliphatic carbocycles. The van der Waals surface area contributed by atoms with Crippen molar-refractivity contribution in [2.24, 2.45) is 0 Å². The zero-order valence-electron chi connectivity index (χ0n) is 34.0. The van der Waals surface area contributed by atoms with Crippen LogP contribution in [0.2, 0.25) is 0 Å². The number of nitriles is 1. The highest BCUT2D eigenvalue weighted by atomic mass is 16.6. The van der Waals surface area contributed by atoms with Crippen LogP contribution in [0, 0.1) is 21.4 Å². The number of nitro benzene ring substituents is 1. The van der Waals surface area contributed by atoms with E-state index in [1.807, 2.05) is 18.2 Å². The molecule has 294 valence electrons. The molecule has 0 radical (unpaired) electrons. The van der Waals surface area contributed by atoms with Gasteiger partial charge >= 0.3 is 0 Å². The topological polar surface area (TPSA) is 70.2 Å². The fraction of sp³-hybridized carbons (Fsp3) is 0.571. The molecule has 0 heterocycles. The number of nitro groups is 1. The van der Waals surface area contributed by atoms with Crippen LogP contribution in [0.15, 0.2) is 66.7 Å². The molecule has 0 aromatic heterocycles. The Morgan fingerprint density at radius 2 is 0.907 bits per heavy atom. The van der Waals surface area contributed by atoms with Crippen LogP contribution < -0.4 is 4.90 Å². The van der Waals surface area contributed by atoms with E-state index in [4.69, 9.17) is 0 Å². The average molecular weight is 734 g/mol. The number of hydrogen-bond donors (Lipinski definition) is 0. The predicted molar refractivity (Wildman–Crippen MR) is 233 cm³/mol. The molecule has 0 aliphatic heterocycles. The second kappa shape index (κ2) is 28.5. The molecule has 0 atom stereocenters. The molecule has 0 bridgehead atoms.